The van der Waals surface area contributed by atoms with Gasteiger partial charge in [-0.15, -0.1) is 0 Å². The number of rotatable bonds is 7. The molecule has 0 aliphatic rings. The van der Waals surface area contributed by atoms with Crippen molar-refractivity contribution in [3.05, 3.63) is 28.3 Å². The molecule has 1 N–H and O–H groups in total. The Kier molecular flexibility index (Phi) is 5.88. The number of aliphatic carboxylic acids is 1. The number of carboxylic acid groups (broad SMARTS) is 1. The van der Waals surface area contributed by atoms with E-state index in [9.17, 15) is 4.79 Å². The quantitative estimate of drug-likeness (QED) is 0.747. The number of hydrogen-bond acceptors (Lipinski definition) is 2. The molecule has 1 aromatic rings. The highest BCUT2D eigenvalue weighted by molar-refractivity contribution is 6.32. The zero-order valence-electron chi connectivity index (χ0n) is 12.6. The normalized spacial score (nSPS) is 11.4. The number of benzene rings is 1. The molecule has 0 aliphatic carbocycles. The molecule has 0 bridgehead atoms. The lowest BCUT2D eigenvalue weighted by Gasteiger charge is -2.18. The van der Waals surface area contributed by atoms with E-state index >= 15 is 0 Å². The average Bonchev–Trinajstić information content (AvgIpc) is 2.35. The summed E-state index contributed by atoms with van der Waals surface area (Å²) in [6, 6.07) is 3.85. The molecule has 0 radical (unpaired) electrons. The zero-order chi connectivity index (χ0) is 15.3. The Morgan fingerprint density at radius 1 is 1.25 bits per heavy atom. The predicted molar refractivity (Wildman–Crippen MR) is 81.7 cm³/mol. The third-order valence-corrected chi connectivity index (χ3v) is 4.05. The Morgan fingerprint density at radius 2 is 1.80 bits per heavy atom. The van der Waals surface area contributed by atoms with Crippen LogP contribution in [0.5, 0.6) is 5.75 Å². The number of hydrogen-bond donors (Lipinski definition) is 1. The van der Waals surface area contributed by atoms with Gasteiger partial charge in [0.25, 0.3) is 0 Å². The first-order chi connectivity index (χ1) is 9.24. The molecule has 1 rings (SSSR count). The lowest BCUT2D eigenvalue weighted by Crippen LogP contribution is -2.23. The third-order valence-electron chi connectivity index (χ3n) is 3.45. The number of unbranched alkanes of at least 4 members (excludes halogenated alkanes) is 1. The second kappa shape index (κ2) is 6.98. The van der Waals surface area contributed by atoms with E-state index in [0.29, 0.717) is 13.0 Å². The summed E-state index contributed by atoms with van der Waals surface area (Å²) in [5.41, 5.74) is 1.36. The summed E-state index contributed by atoms with van der Waals surface area (Å²) in [6.07, 6.45) is 2.34. The molecule has 4 heteroatoms. The van der Waals surface area contributed by atoms with Gasteiger partial charge in [0.2, 0.25) is 0 Å². The first-order valence-corrected chi connectivity index (χ1v) is 7.25. The van der Waals surface area contributed by atoms with Gasteiger partial charge in [-0.05, 0) is 70.2 Å². The van der Waals surface area contributed by atoms with Crippen LogP contribution in [0, 0.1) is 19.3 Å². The van der Waals surface area contributed by atoms with E-state index in [1.54, 1.807) is 13.8 Å². The van der Waals surface area contributed by atoms with E-state index in [2.05, 4.69) is 0 Å². The summed E-state index contributed by atoms with van der Waals surface area (Å²) in [4.78, 5) is 11.0. The highest BCUT2D eigenvalue weighted by Gasteiger charge is 2.25. The van der Waals surface area contributed by atoms with Gasteiger partial charge in [-0.3, -0.25) is 4.79 Å². The van der Waals surface area contributed by atoms with Gasteiger partial charge in [0.1, 0.15) is 5.75 Å². The molecule has 0 aliphatic heterocycles. The molecule has 0 atom stereocenters. The summed E-state index contributed by atoms with van der Waals surface area (Å²) in [5, 5.41) is 9.80. The van der Waals surface area contributed by atoms with E-state index in [-0.39, 0.29) is 0 Å². The van der Waals surface area contributed by atoms with Crippen LogP contribution in [0.15, 0.2) is 12.1 Å². The van der Waals surface area contributed by atoms with Crippen molar-refractivity contribution in [3.8, 4) is 5.75 Å². The minimum Gasteiger partial charge on any atom is -0.494 e. The Labute approximate surface area is 125 Å². The second-order valence-electron chi connectivity index (χ2n) is 5.87. The van der Waals surface area contributed by atoms with Crippen LogP contribution in [0.3, 0.4) is 0 Å². The van der Waals surface area contributed by atoms with Crippen LogP contribution in [-0.4, -0.2) is 17.7 Å². The van der Waals surface area contributed by atoms with E-state index in [1.807, 2.05) is 26.0 Å². The molecular formula is C16H23ClO3. The standard InChI is InChI=1S/C16H23ClO3/c1-11-9-13(10-12(2)14(11)17)20-8-6-5-7-16(3,4)15(18)19/h9-10H,5-8H2,1-4H3,(H,18,19). The molecule has 20 heavy (non-hydrogen) atoms. The van der Waals surface area contributed by atoms with Crippen LogP contribution in [0.4, 0.5) is 0 Å². The van der Waals surface area contributed by atoms with Crippen molar-refractivity contribution >= 4 is 17.6 Å². The van der Waals surface area contributed by atoms with Gasteiger partial charge in [0.15, 0.2) is 0 Å². The summed E-state index contributed by atoms with van der Waals surface area (Å²) >= 11 is 6.10. The van der Waals surface area contributed by atoms with E-state index in [1.165, 1.54) is 0 Å². The van der Waals surface area contributed by atoms with Crippen LogP contribution in [-0.2, 0) is 4.79 Å². The Balaban J connectivity index is 2.37. The van der Waals surface area contributed by atoms with Crippen molar-refractivity contribution < 1.29 is 14.6 Å². The molecule has 112 valence electrons. The van der Waals surface area contributed by atoms with Gasteiger partial charge in [-0.25, -0.2) is 0 Å². The van der Waals surface area contributed by atoms with Crippen molar-refractivity contribution in [1.29, 1.82) is 0 Å². The van der Waals surface area contributed by atoms with E-state index < -0.39 is 11.4 Å². The largest absolute Gasteiger partial charge is 0.494 e. The van der Waals surface area contributed by atoms with Crippen molar-refractivity contribution in [1.82, 2.24) is 0 Å². The smallest absolute Gasteiger partial charge is 0.309 e. The number of carboxylic acids is 1. The van der Waals surface area contributed by atoms with E-state index in [0.717, 1.165) is 34.7 Å². The summed E-state index contributed by atoms with van der Waals surface area (Å²) in [6.45, 7) is 8.01. The number of ether oxygens (including phenoxy) is 1. The van der Waals surface area contributed by atoms with Crippen molar-refractivity contribution in [2.45, 2.75) is 47.0 Å². The highest BCUT2D eigenvalue weighted by atomic mass is 35.5. The number of carbonyl (C=O) groups is 1. The summed E-state index contributed by atoms with van der Waals surface area (Å²) in [7, 11) is 0. The maximum absolute atomic E-state index is 11.0. The molecular weight excluding hydrogens is 276 g/mol. The zero-order valence-corrected chi connectivity index (χ0v) is 13.4. The third kappa shape index (κ3) is 4.71. The minimum atomic E-state index is -0.748. The number of halogens is 1. The molecule has 0 aromatic heterocycles. The first kappa shape index (κ1) is 16.8. The van der Waals surface area contributed by atoms with Gasteiger partial charge in [-0.1, -0.05) is 11.6 Å². The molecule has 0 unspecified atom stereocenters. The molecule has 3 nitrogen and oxygen atoms in total. The lowest BCUT2D eigenvalue weighted by atomic mass is 9.87. The Morgan fingerprint density at radius 3 is 2.30 bits per heavy atom. The van der Waals surface area contributed by atoms with Gasteiger partial charge < -0.3 is 9.84 Å². The topological polar surface area (TPSA) is 46.5 Å². The van der Waals surface area contributed by atoms with Gasteiger partial charge in [-0.2, -0.15) is 0 Å². The Bertz CT molecular complexity index is 458. The van der Waals surface area contributed by atoms with Crippen LogP contribution in [0.25, 0.3) is 0 Å². The van der Waals surface area contributed by atoms with Crippen molar-refractivity contribution in [3.63, 3.8) is 0 Å². The molecule has 0 saturated heterocycles. The van der Waals surface area contributed by atoms with Gasteiger partial charge in [0.05, 0.1) is 12.0 Å². The van der Waals surface area contributed by atoms with Crippen LogP contribution < -0.4 is 4.74 Å². The maximum Gasteiger partial charge on any atom is 0.309 e. The molecule has 0 amide bonds. The van der Waals surface area contributed by atoms with Crippen LogP contribution in [0.1, 0.15) is 44.2 Å². The summed E-state index contributed by atoms with van der Waals surface area (Å²) < 4.78 is 5.69. The Hall–Kier alpha value is -1.22. The lowest BCUT2D eigenvalue weighted by molar-refractivity contribution is -0.147. The van der Waals surface area contributed by atoms with Gasteiger partial charge in [0, 0.05) is 5.02 Å². The second-order valence-corrected chi connectivity index (χ2v) is 6.24. The molecule has 0 fully saturated rings. The fourth-order valence-electron chi connectivity index (χ4n) is 1.96. The fraction of sp³-hybridized carbons (Fsp3) is 0.562. The van der Waals surface area contributed by atoms with Crippen LogP contribution in [0.2, 0.25) is 5.02 Å². The molecule has 0 spiro atoms. The molecule has 1 aromatic carbocycles. The first-order valence-electron chi connectivity index (χ1n) is 6.87. The fourth-order valence-corrected chi connectivity index (χ4v) is 2.06. The van der Waals surface area contributed by atoms with E-state index in [4.69, 9.17) is 21.4 Å². The average molecular weight is 299 g/mol. The predicted octanol–water partition coefficient (Wildman–Crippen LogP) is 4.62. The summed E-state index contributed by atoms with van der Waals surface area (Å²) in [5.74, 6) is 0.0734. The monoisotopic (exact) mass is 298 g/mol. The molecule has 0 saturated carbocycles. The van der Waals surface area contributed by atoms with Crippen molar-refractivity contribution in [2.75, 3.05) is 6.61 Å². The molecule has 0 heterocycles. The maximum atomic E-state index is 11.0. The van der Waals surface area contributed by atoms with Crippen LogP contribution >= 0.6 is 11.6 Å². The number of aryl methyl sites for hydroxylation is 2. The van der Waals surface area contributed by atoms with Crippen molar-refractivity contribution in [2.24, 2.45) is 5.41 Å². The highest BCUT2D eigenvalue weighted by Crippen LogP contribution is 2.26. The SMILES string of the molecule is Cc1cc(OCCCCC(C)(C)C(=O)O)cc(C)c1Cl. The van der Waals surface area contributed by atoms with Gasteiger partial charge >= 0.3 is 5.97 Å². The minimum absolute atomic E-state index is 0.593.